The summed E-state index contributed by atoms with van der Waals surface area (Å²) in [6, 6.07) is 9.11. The highest BCUT2D eigenvalue weighted by atomic mass is 16.5. The second-order valence-corrected chi connectivity index (χ2v) is 5.71. The maximum Gasteiger partial charge on any atom is 0.120 e. The van der Waals surface area contributed by atoms with Crippen LogP contribution in [-0.4, -0.2) is 12.1 Å². The molecule has 1 N–H and O–H groups in total. The van der Waals surface area contributed by atoms with E-state index in [4.69, 9.17) is 4.74 Å². The third kappa shape index (κ3) is 3.74. The van der Waals surface area contributed by atoms with Gasteiger partial charge in [-0.2, -0.15) is 0 Å². The van der Waals surface area contributed by atoms with Gasteiger partial charge in [-0.1, -0.05) is 25.5 Å². The molecular formula is C16H25NO. The van der Waals surface area contributed by atoms with Gasteiger partial charge in [-0.05, 0) is 50.3 Å². The molecule has 1 aliphatic rings. The van der Waals surface area contributed by atoms with Gasteiger partial charge >= 0.3 is 0 Å². The molecule has 1 saturated carbocycles. The molecule has 2 unspecified atom stereocenters. The average Bonchev–Trinajstić information content (AvgIpc) is 2.72. The van der Waals surface area contributed by atoms with Crippen molar-refractivity contribution in [3.05, 3.63) is 29.8 Å². The van der Waals surface area contributed by atoms with Gasteiger partial charge in [0.15, 0.2) is 0 Å². The molecule has 1 fully saturated rings. The van der Waals surface area contributed by atoms with Crippen molar-refractivity contribution in [2.45, 2.75) is 58.7 Å². The van der Waals surface area contributed by atoms with Crippen molar-refractivity contribution in [2.24, 2.45) is 5.92 Å². The number of benzene rings is 1. The molecular weight excluding hydrogens is 222 g/mol. The van der Waals surface area contributed by atoms with Crippen LogP contribution in [0, 0.1) is 5.92 Å². The molecule has 18 heavy (non-hydrogen) atoms. The molecule has 1 aromatic rings. The van der Waals surface area contributed by atoms with Crippen molar-refractivity contribution in [2.75, 3.05) is 0 Å². The topological polar surface area (TPSA) is 21.3 Å². The van der Waals surface area contributed by atoms with Gasteiger partial charge in [0.05, 0.1) is 6.10 Å². The van der Waals surface area contributed by atoms with Crippen molar-refractivity contribution in [1.82, 2.24) is 5.32 Å². The predicted octanol–water partition coefficient (Wildman–Crippen LogP) is 3.75. The Kier molecular flexibility index (Phi) is 4.65. The van der Waals surface area contributed by atoms with Crippen LogP contribution in [0.4, 0.5) is 0 Å². The van der Waals surface area contributed by atoms with E-state index in [1.165, 1.54) is 24.8 Å². The summed E-state index contributed by atoms with van der Waals surface area (Å²) in [6.07, 6.45) is 4.30. The molecule has 1 aliphatic carbocycles. The first kappa shape index (κ1) is 13.4. The molecule has 2 nitrogen and oxygen atoms in total. The Morgan fingerprint density at radius 3 is 2.83 bits per heavy atom. The normalized spacial score (nSPS) is 23.6. The molecule has 0 radical (unpaired) electrons. The second-order valence-electron chi connectivity index (χ2n) is 5.71. The molecule has 2 atom stereocenters. The number of hydrogen-bond donors (Lipinski definition) is 1. The minimum absolute atomic E-state index is 0.239. The molecule has 0 saturated heterocycles. The first-order valence-electron chi connectivity index (χ1n) is 7.14. The lowest BCUT2D eigenvalue weighted by molar-refractivity contribution is 0.242. The molecule has 0 amide bonds. The van der Waals surface area contributed by atoms with Crippen LogP contribution in [0.25, 0.3) is 0 Å². The fourth-order valence-electron chi connectivity index (χ4n) is 2.70. The highest BCUT2D eigenvalue weighted by Crippen LogP contribution is 2.25. The Morgan fingerprint density at radius 2 is 2.17 bits per heavy atom. The van der Waals surface area contributed by atoms with E-state index in [-0.39, 0.29) is 6.10 Å². The Labute approximate surface area is 111 Å². The standard InChI is InChI=1S/C16H25NO/c1-12(2)18-15-8-5-7-14(10-15)11-17-16-9-4-6-13(16)3/h5,7-8,10,12-13,16-17H,4,6,9,11H2,1-3H3. The second kappa shape index (κ2) is 6.24. The molecule has 2 heteroatoms. The fourth-order valence-corrected chi connectivity index (χ4v) is 2.70. The van der Waals surface area contributed by atoms with Crippen molar-refractivity contribution in [3.8, 4) is 5.75 Å². The Hall–Kier alpha value is -1.02. The average molecular weight is 247 g/mol. The first-order chi connectivity index (χ1) is 8.65. The number of nitrogens with one attached hydrogen (secondary N) is 1. The summed E-state index contributed by atoms with van der Waals surface area (Å²) in [7, 11) is 0. The molecule has 0 bridgehead atoms. The van der Waals surface area contributed by atoms with E-state index in [0.717, 1.165) is 18.2 Å². The number of rotatable bonds is 5. The van der Waals surface area contributed by atoms with E-state index < -0.39 is 0 Å². The lowest BCUT2D eigenvalue weighted by Crippen LogP contribution is -2.30. The van der Waals surface area contributed by atoms with Gasteiger partial charge in [-0.25, -0.2) is 0 Å². The molecule has 2 rings (SSSR count). The Bertz CT molecular complexity index is 375. The molecule has 100 valence electrons. The van der Waals surface area contributed by atoms with Crippen LogP contribution in [0.15, 0.2) is 24.3 Å². The number of hydrogen-bond acceptors (Lipinski definition) is 2. The molecule has 0 heterocycles. The van der Waals surface area contributed by atoms with Crippen LogP contribution in [0.1, 0.15) is 45.6 Å². The Morgan fingerprint density at radius 1 is 1.33 bits per heavy atom. The summed E-state index contributed by atoms with van der Waals surface area (Å²) < 4.78 is 5.72. The molecule has 0 aromatic heterocycles. The number of ether oxygens (including phenoxy) is 1. The predicted molar refractivity (Wildman–Crippen MR) is 75.8 cm³/mol. The van der Waals surface area contributed by atoms with Crippen molar-refractivity contribution in [1.29, 1.82) is 0 Å². The summed E-state index contributed by atoms with van der Waals surface area (Å²) >= 11 is 0. The molecule has 0 aliphatic heterocycles. The van der Waals surface area contributed by atoms with Gasteiger partial charge in [0.1, 0.15) is 5.75 Å². The van der Waals surface area contributed by atoms with Crippen molar-refractivity contribution < 1.29 is 4.74 Å². The van der Waals surface area contributed by atoms with Gasteiger partial charge in [0, 0.05) is 12.6 Å². The fraction of sp³-hybridized carbons (Fsp3) is 0.625. The van der Waals surface area contributed by atoms with E-state index in [1.54, 1.807) is 0 Å². The zero-order chi connectivity index (χ0) is 13.0. The van der Waals surface area contributed by atoms with Gasteiger partial charge < -0.3 is 10.1 Å². The van der Waals surface area contributed by atoms with Gasteiger partial charge in [0.2, 0.25) is 0 Å². The van der Waals surface area contributed by atoms with Crippen LogP contribution < -0.4 is 10.1 Å². The highest BCUT2D eigenvalue weighted by molar-refractivity contribution is 5.28. The lowest BCUT2D eigenvalue weighted by atomic mass is 10.1. The maximum absolute atomic E-state index is 5.72. The summed E-state index contributed by atoms with van der Waals surface area (Å²) in [4.78, 5) is 0. The minimum Gasteiger partial charge on any atom is -0.491 e. The van der Waals surface area contributed by atoms with E-state index >= 15 is 0 Å². The monoisotopic (exact) mass is 247 g/mol. The van der Waals surface area contributed by atoms with Gasteiger partial charge in [0.25, 0.3) is 0 Å². The summed E-state index contributed by atoms with van der Waals surface area (Å²) in [5.74, 6) is 1.80. The van der Waals surface area contributed by atoms with Crippen LogP contribution in [0.2, 0.25) is 0 Å². The SMILES string of the molecule is CC(C)Oc1cccc(CNC2CCCC2C)c1. The van der Waals surface area contributed by atoms with Crippen molar-refractivity contribution >= 4 is 0 Å². The molecule has 1 aromatic carbocycles. The zero-order valence-electron chi connectivity index (χ0n) is 11.8. The smallest absolute Gasteiger partial charge is 0.120 e. The largest absolute Gasteiger partial charge is 0.491 e. The van der Waals surface area contributed by atoms with E-state index in [1.807, 2.05) is 6.07 Å². The van der Waals surface area contributed by atoms with Crippen molar-refractivity contribution in [3.63, 3.8) is 0 Å². The maximum atomic E-state index is 5.72. The lowest BCUT2D eigenvalue weighted by Gasteiger charge is -2.18. The molecule has 0 spiro atoms. The minimum atomic E-state index is 0.239. The third-order valence-electron chi connectivity index (χ3n) is 3.70. The van der Waals surface area contributed by atoms with E-state index in [9.17, 15) is 0 Å². The summed E-state index contributed by atoms with van der Waals surface area (Å²) in [5.41, 5.74) is 1.31. The highest BCUT2D eigenvalue weighted by Gasteiger charge is 2.22. The quantitative estimate of drug-likeness (QED) is 0.855. The Balaban J connectivity index is 1.88. The summed E-state index contributed by atoms with van der Waals surface area (Å²) in [5, 5.41) is 3.67. The third-order valence-corrected chi connectivity index (χ3v) is 3.70. The van der Waals surface area contributed by atoms with E-state index in [0.29, 0.717) is 6.04 Å². The zero-order valence-corrected chi connectivity index (χ0v) is 11.8. The first-order valence-corrected chi connectivity index (χ1v) is 7.14. The van der Waals surface area contributed by atoms with E-state index in [2.05, 4.69) is 44.3 Å². The van der Waals surface area contributed by atoms with Gasteiger partial charge in [-0.15, -0.1) is 0 Å². The summed E-state index contributed by atoms with van der Waals surface area (Å²) in [6.45, 7) is 7.42. The van der Waals surface area contributed by atoms with Gasteiger partial charge in [-0.3, -0.25) is 0 Å². The van der Waals surface area contributed by atoms with Crippen LogP contribution in [0.3, 0.4) is 0 Å². The van der Waals surface area contributed by atoms with Crippen LogP contribution in [-0.2, 0) is 6.54 Å². The van der Waals surface area contributed by atoms with Crippen LogP contribution in [0.5, 0.6) is 5.75 Å². The van der Waals surface area contributed by atoms with Crippen LogP contribution >= 0.6 is 0 Å².